The second-order valence-corrected chi connectivity index (χ2v) is 15.6. The number of rotatable bonds is 11. The summed E-state index contributed by atoms with van der Waals surface area (Å²) in [6, 6.07) is 24.5. The maximum Gasteiger partial charge on any atom is 0.294 e. The van der Waals surface area contributed by atoms with Crippen molar-refractivity contribution in [2.75, 3.05) is 18.1 Å². The number of ether oxygens (including phenoxy) is 1. The number of nitrogens with zero attached hydrogens (tertiary/aromatic N) is 4. The van der Waals surface area contributed by atoms with Crippen LogP contribution in [0.4, 0.5) is 28.4 Å². The third-order valence-electron chi connectivity index (χ3n) is 7.70. The molecule has 0 atom stereocenters. The van der Waals surface area contributed by atoms with Gasteiger partial charge in [-0.25, -0.2) is 0 Å². The molecular weight excluding hydrogens is 723 g/mol. The Morgan fingerprint density at radius 2 is 1.12 bits per heavy atom. The van der Waals surface area contributed by atoms with Crippen LogP contribution in [-0.2, 0) is 30.4 Å². The Kier molecular flexibility index (Phi) is 9.55. The lowest BCUT2D eigenvalue weighted by molar-refractivity contribution is 0.319. The Morgan fingerprint density at radius 3 is 1.75 bits per heavy atom. The molecule has 0 amide bonds. The van der Waals surface area contributed by atoms with E-state index in [-0.39, 0.29) is 39.6 Å². The van der Waals surface area contributed by atoms with Gasteiger partial charge < -0.3 is 10.5 Å². The molecule has 6 aromatic carbocycles. The summed E-state index contributed by atoms with van der Waals surface area (Å²) in [6.07, 6.45) is 0.111. The number of nitrogens with two attached hydrogens (primary N) is 1. The van der Waals surface area contributed by atoms with Crippen molar-refractivity contribution in [1.29, 1.82) is 0 Å². The van der Waals surface area contributed by atoms with E-state index in [0.717, 1.165) is 10.8 Å². The summed E-state index contributed by atoms with van der Waals surface area (Å²) >= 11 is 0. The lowest BCUT2D eigenvalue weighted by Gasteiger charge is -2.09. The van der Waals surface area contributed by atoms with Crippen molar-refractivity contribution in [3.8, 4) is 5.75 Å². The van der Waals surface area contributed by atoms with Gasteiger partial charge in [-0.2, -0.15) is 30.4 Å². The van der Waals surface area contributed by atoms with Crippen LogP contribution in [0.25, 0.3) is 32.3 Å². The molecule has 262 valence electrons. The fourth-order valence-corrected chi connectivity index (χ4v) is 6.78. The third kappa shape index (κ3) is 8.17. The van der Waals surface area contributed by atoms with Gasteiger partial charge in [-0.15, -0.1) is 15.3 Å². The summed E-state index contributed by atoms with van der Waals surface area (Å²) in [5.41, 5.74) is 7.62. The standard InChI is InChI=1S/C33H27N5O10S3/c34-29-11-12-30(25-9-6-22(18-27(25)29)50(42,43)44)37-38-32-14-13-31(26-10-7-23(19-28(26)32)51(45,46)47)36-35-21-5-8-24-20(17-21)3-1-4-33(24)48-15-2-16-49(39,40)41/h1,3-14,17-19H,2,15-16,34H2,(H,39,40,41)(H,42,43,44)(H,45,46,47). The van der Waals surface area contributed by atoms with Crippen LogP contribution in [-0.4, -0.2) is 51.3 Å². The van der Waals surface area contributed by atoms with Gasteiger partial charge in [0.2, 0.25) is 0 Å². The van der Waals surface area contributed by atoms with E-state index in [2.05, 4.69) is 20.5 Å². The summed E-state index contributed by atoms with van der Waals surface area (Å²) < 4.78 is 103. The van der Waals surface area contributed by atoms with E-state index in [1.54, 1.807) is 42.5 Å². The molecule has 0 fully saturated rings. The Bertz CT molecular complexity index is 2750. The summed E-state index contributed by atoms with van der Waals surface area (Å²) in [6.45, 7) is 0.0801. The monoisotopic (exact) mass is 749 g/mol. The van der Waals surface area contributed by atoms with Crippen LogP contribution in [0.15, 0.2) is 127 Å². The van der Waals surface area contributed by atoms with E-state index in [0.29, 0.717) is 39.0 Å². The van der Waals surface area contributed by atoms with Crippen molar-refractivity contribution in [1.82, 2.24) is 0 Å². The topological polar surface area (TPSA) is 248 Å². The van der Waals surface area contributed by atoms with Crippen LogP contribution in [0, 0.1) is 0 Å². The zero-order valence-corrected chi connectivity index (χ0v) is 28.6. The highest BCUT2D eigenvalue weighted by molar-refractivity contribution is 7.86. The number of hydrogen-bond donors (Lipinski definition) is 4. The summed E-state index contributed by atoms with van der Waals surface area (Å²) in [5.74, 6) is 0.104. The predicted molar refractivity (Wildman–Crippen MR) is 191 cm³/mol. The zero-order chi connectivity index (χ0) is 36.6. The molecule has 0 aliphatic rings. The van der Waals surface area contributed by atoms with Gasteiger partial charge >= 0.3 is 0 Å². The van der Waals surface area contributed by atoms with Crippen molar-refractivity contribution in [2.24, 2.45) is 20.5 Å². The number of hydrogen-bond acceptors (Lipinski definition) is 12. The molecule has 0 saturated carbocycles. The maximum absolute atomic E-state index is 12.0. The maximum atomic E-state index is 12.0. The summed E-state index contributed by atoms with van der Waals surface area (Å²) in [7, 11) is -13.2. The quantitative estimate of drug-likeness (QED) is 0.0432. The Labute approximate surface area is 291 Å². The highest BCUT2D eigenvalue weighted by Crippen LogP contribution is 2.39. The van der Waals surface area contributed by atoms with E-state index < -0.39 is 36.1 Å². The number of fused-ring (bicyclic) bond motifs is 3. The second kappa shape index (κ2) is 13.7. The third-order valence-corrected chi connectivity index (χ3v) is 10.2. The second-order valence-electron chi connectivity index (χ2n) is 11.2. The van der Waals surface area contributed by atoms with Gasteiger partial charge in [-0.05, 0) is 84.6 Å². The molecule has 0 radical (unpaired) electrons. The minimum Gasteiger partial charge on any atom is -0.493 e. The van der Waals surface area contributed by atoms with Gasteiger partial charge in [-0.3, -0.25) is 13.7 Å². The van der Waals surface area contributed by atoms with Gasteiger partial charge in [0.05, 0.1) is 44.9 Å². The first-order chi connectivity index (χ1) is 24.1. The van der Waals surface area contributed by atoms with E-state index in [4.69, 9.17) is 15.0 Å². The van der Waals surface area contributed by atoms with Gasteiger partial charge in [0, 0.05) is 32.6 Å². The van der Waals surface area contributed by atoms with Crippen LogP contribution < -0.4 is 10.5 Å². The predicted octanol–water partition coefficient (Wildman–Crippen LogP) is 7.71. The summed E-state index contributed by atoms with van der Waals surface area (Å²) in [5, 5.41) is 20.4. The van der Waals surface area contributed by atoms with Crippen LogP contribution in [0.2, 0.25) is 0 Å². The molecule has 0 aliphatic carbocycles. The lowest BCUT2D eigenvalue weighted by atomic mass is 10.1. The molecule has 18 heteroatoms. The Morgan fingerprint density at radius 1 is 0.569 bits per heavy atom. The van der Waals surface area contributed by atoms with E-state index in [1.807, 2.05) is 6.07 Å². The fraction of sp³-hybridized carbons (Fsp3) is 0.0909. The molecule has 0 heterocycles. The number of anilines is 1. The van der Waals surface area contributed by atoms with Crippen molar-refractivity contribution >= 4 is 91.1 Å². The SMILES string of the molecule is Nc1ccc(N=Nc2ccc(N=Nc3ccc4c(OCCCS(=O)(=O)O)cccc4c3)c3ccc(S(=O)(=O)O)cc23)c2ccc(S(=O)(=O)O)cc12. The zero-order valence-electron chi connectivity index (χ0n) is 26.1. The van der Waals surface area contributed by atoms with Crippen LogP contribution in [0.3, 0.4) is 0 Å². The molecule has 5 N–H and O–H groups in total. The number of benzene rings is 6. The van der Waals surface area contributed by atoms with Crippen molar-refractivity contribution in [2.45, 2.75) is 16.2 Å². The Balaban J connectivity index is 1.34. The molecule has 6 aromatic rings. The number of nitrogen functional groups attached to an aromatic ring is 1. The van der Waals surface area contributed by atoms with Gasteiger partial charge in [-0.1, -0.05) is 24.3 Å². The molecule has 0 saturated heterocycles. The first kappa shape index (κ1) is 35.5. The Hall–Kier alpha value is -5.37. The number of azo groups is 2. The molecule has 15 nitrogen and oxygen atoms in total. The first-order valence-electron chi connectivity index (χ1n) is 14.9. The molecule has 0 aromatic heterocycles. The fourth-order valence-electron chi connectivity index (χ4n) is 5.28. The van der Waals surface area contributed by atoms with Crippen molar-refractivity contribution < 1.29 is 43.6 Å². The van der Waals surface area contributed by atoms with E-state index in [1.165, 1.54) is 48.5 Å². The molecular formula is C33H27N5O10S3. The van der Waals surface area contributed by atoms with Gasteiger partial charge in [0.25, 0.3) is 30.4 Å². The van der Waals surface area contributed by atoms with Crippen molar-refractivity contribution in [3.63, 3.8) is 0 Å². The highest BCUT2D eigenvalue weighted by Gasteiger charge is 2.16. The first-order valence-corrected chi connectivity index (χ1v) is 19.3. The average molecular weight is 750 g/mol. The molecule has 0 bridgehead atoms. The summed E-state index contributed by atoms with van der Waals surface area (Å²) in [4.78, 5) is -0.736. The molecule has 0 aliphatic heterocycles. The van der Waals surface area contributed by atoms with Gasteiger partial charge in [0.15, 0.2) is 0 Å². The lowest BCUT2D eigenvalue weighted by Crippen LogP contribution is -2.08. The minimum absolute atomic E-state index is 0.0801. The molecule has 6 rings (SSSR count). The highest BCUT2D eigenvalue weighted by atomic mass is 32.2. The normalized spacial score (nSPS) is 12.8. The van der Waals surface area contributed by atoms with E-state index in [9.17, 15) is 34.4 Å². The van der Waals surface area contributed by atoms with Crippen LogP contribution >= 0.6 is 0 Å². The van der Waals surface area contributed by atoms with E-state index >= 15 is 0 Å². The molecule has 0 spiro atoms. The average Bonchev–Trinajstić information content (AvgIpc) is 3.07. The minimum atomic E-state index is -4.59. The van der Waals surface area contributed by atoms with Crippen molar-refractivity contribution in [3.05, 3.63) is 97.1 Å². The smallest absolute Gasteiger partial charge is 0.294 e. The van der Waals surface area contributed by atoms with Gasteiger partial charge in [0.1, 0.15) is 5.75 Å². The van der Waals surface area contributed by atoms with Crippen LogP contribution in [0.1, 0.15) is 6.42 Å². The van der Waals surface area contributed by atoms with Crippen LogP contribution in [0.5, 0.6) is 5.75 Å². The molecule has 51 heavy (non-hydrogen) atoms. The molecule has 0 unspecified atom stereocenters. The largest absolute Gasteiger partial charge is 0.493 e.